The molecular formula is C12H16O3. The highest BCUT2D eigenvalue weighted by Gasteiger charge is 2.13. The molecule has 0 aromatic heterocycles. The summed E-state index contributed by atoms with van der Waals surface area (Å²) in [5, 5.41) is 9.69. The summed E-state index contributed by atoms with van der Waals surface area (Å²) in [6.07, 6.45) is 0.0486. The maximum Gasteiger partial charge on any atom is 0.308 e. The molecule has 0 spiro atoms. The van der Waals surface area contributed by atoms with Crippen molar-refractivity contribution in [1.29, 1.82) is 0 Å². The number of aliphatic hydroxyl groups is 1. The summed E-state index contributed by atoms with van der Waals surface area (Å²) in [4.78, 5) is 11.2. The van der Waals surface area contributed by atoms with Crippen LogP contribution in [0.15, 0.2) is 30.3 Å². The van der Waals surface area contributed by atoms with E-state index in [-0.39, 0.29) is 12.4 Å². The number of rotatable bonds is 5. The quantitative estimate of drug-likeness (QED) is 0.753. The van der Waals surface area contributed by atoms with E-state index in [0.717, 1.165) is 12.0 Å². The van der Waals surface area contributed by atoms with Gasteiger partial charge in [0.2, 0.25) is 0 Å². The van der Waals surface area contributed by atoms with Crippen molar-refractivity contribution in [3.63, 3.8) is 0 Å². The van der Waals surface area contributed by atoms with Gasteiger partial charge >= 0.3 is 5.97 Å². The molecule has 0 saturated carbocycles. The van der Waals surface area contributed by atoms with Gasteiger partial charge in [0.05, 0.1) is 19.1 Å². The van der Waals surface area contributed by atoms with E-state index in [2.05, 4.69) is 0 Å². The molecule has 0 unspecified atom stereocenters. The molecule has 1 aromatic rings. The summed E-state index contributed by atoms with van der Waals surface area (Å²) >= 11 is 0. The zero-order valence-electron chi connectivity index (χ0n) is 8.85. The lowest BCUT2D eigenvalue weighted by atomic mass is 10.1. The van der Waals surface area contributed by atoms with Gasteiger partial charge in [-0.25, -0.2) is 0 Å². The minimum absolute atomic E-state index is 0.0179. The highest BCUT2D eigenvalue weighted by atomic mass is 16.5. The number of esters is 1. The van der Waals surface area contributed by atoms with Crippen molar-refractivity contribution >= 4 is 5.97 Å². The van der Waals surface area contributed by atoms with Crippen LogP contribution in [0, 0.1) is 0 Å². The fraction of sp³-hybridized carbons (Fsp3) is 0.417. The number of hydrogen-bond donors (Lipinski definition) is 1. The first-order valence-corrected chi connectivity index (χ1v) is 5.12. The van der Waals surface area contributed by atoms with Gasteiger partial charge in [-0.2, -0.15) is 0 Å². The van der Waals surface area contributed by atoms with E-state index in [9.17, 15) is 9.90 Å². The van der Waals surface area contributed by atoms with Gasteiger partial charge < -0.3 is 9.84 Å². The predicted octanol–water partition coefficient (Wildman–Crippen LogP) is 2.06. The second kappa shape index (κ2) is 6.19. The molecule has 0 aliphatic heterocycles. The molecule has 1 atom stereocenters. The molecule has 0 amide bonds. The number of ether oxygens (including phenoxy) is 1. The molecule has 0 aliphatic rings. The first-order valence-electron chi connectivity index (χ1n) is 5.12. The van der Waals surface area contributed by atoms with E-state index in [4.69, 9.17) is 4.74 Å². The van der Waals surface area contributed by atoms with Crippen molar-refractivity contribution in [1.82, 2.24) is 0 Å². The van der Waals surface area contributed by atoms with Crippen LogP contribution in [0.2, 0.25) is 0 Å². The zero-order chi connectivity index (χ0) is 11.1. The third-order valence-corrected chi connectivity index (χ3v) is 2.01. The molecular weight excluding hydrogens is 192 g/mol. The maximum absolute atomic E-state index is 11.2. The summed E-state index contributed by atoms with van der Waals surface area (Å²) < 4.78 is 4.88. The summed E-state index contributed by atoms with van der Waals surface area (Å²) in [6, 6.07) is 9.10. The van der Waals surface area contributed by atoms with Gasteiger partial charge in [-0.15, -0.1) is 0 Å². The van der Waals surface area contributed by atoms with Crippen LogP contribution in [0.3, 0.4) is 0 Å². The number of hydrogen-bond acceptors (Lipinski definition) is 3. The van der Waals surface area contributed by atoms with Crippen molar-refractivity contribution in [3.05, 3.63) is 35.9 Å². The number of carbonyl (C=O) groups excluding carboxylic acids is 1. The Labute approximate surface area is 89.7 Å². The molecule has 0 radical (unpaired) electrons. The molecule has 0 heterocycles. The second-order valence-corrected chi connectivity index (χ2v) is 3.35. The molecule has 15 heavy (non-hydrogen) atoms. The van der Waals surface area contributed by atoms with Crippen molar-refractivity contribution in [3.8, 4) is 0 Å². The average Bonchev–Trinajstić information content (AvgIpc) is 2.27. The Morgan fingerprint density at radius 3 is 2.67 bits per heavy atom. The van der Waals surface area contributed by atoms with E-state index >= 15 is 0 Å². The van der Waals surface area contributed by atoms with Gasteiger partial charge in [0, 0.05) is 0 Å². The van der Waals surface area contributed by atoms with Crippen LogP contribution in [0.5, 0.6) is 0 Å². The SMILES string of the molecule is CCCOC(=O)C[C@H](O)c1ccccc1. The van der Waals surface area contributed by atoms with Crippen molar-refractivity contribution in [2.75, 3.05) is 6.61 Å². The van der Waals surface area contributed by atoms with Crippen molar-refractivity contribution in [2.45, 2.75) is 25.9 Å². The zero-order valence-corrected chi connectivity index (χ0v) is 8.85. The fourth-order valence-electron chi connectivity index (χ4n) is 1.23. The van der Waals surface area contributed by atoms with Gasteiger partial charge in [-0.3, -0.25) is 4.79 Å². The molecule has 82 valence electrons. The summed E-state index contributed by atoms with van der Waals surface area (Å²) in [7, 11) is 0. The summed E-state index contributed by atoms with van der Waals surface area (Å²) in [5.41, 5.74) is 0.742. The lowest BCUT2D eigenvalue weighted by Crippen LogP contribution is -2.10. The van der Waals surface area contributed by atoms with Gasteiger partial charge in [0.1, 0.15) is 0 Å². The highest BCUT2D eigenvalue weighted by Crippen LogP contribution is 2.16. The van der Waals surface area contributed by atoms with Crippen LogP contribution in [0.4, 0.5) is 0 Å². The van der Waals surface area contributed by atoms with Crippen LogP contribution >= 0.6 is 0 Å². The van der Waals surface area contributed by atoms with E-state index in [1.165, 1.54) is 0 Å². The van der Waals surface area contributed by atoms with Crippen molar-refractivity contribution in [2.24, 2.45) is 0 Å². The molecule has 1 aromatic carbocycles. The van der Waals surface area contributed by atoms with Crippen LogP contribution in [-0.4, -0.2) is 17.7 Å². The number of carbonyl (C=O) groups is 1. The summed E-state index contributed by atoms with van der Waals surface area (Å²) in [6.45, 7) is 2.35. The molecule has 3 nitrogen and oxygen atoms in total. The summed E-state index contributed by atoms with van der Waals surface area (Å²) in [5.74, 6) is -0.354. The monoisotopic (exact) mass is 208 g/mol. The topological polar surface area (TPSA) is 46.5 Å². The van der Waals surface area contributed by atoms with E-state index in [0.29, 0.717) is 6.61 Å². The molecule has 0 bridgehead atoms. The molecule has 3 heteroatoms. The third-order valence-electron chi connectivity index (χ3n) is 2.01. The van der Waals surface area contributed by atoms with Gasteiger partial charge in [0.25, 0.3) is 0 Å². The molecule has 0 fully saturated rings. The Hall–Kier alpha value is -1.35. The number of benzene rings is 1. The Bertz CT molecular complexity index is 295. The highest BCUT2D eigenvalue weighted by molar-refractivity contribution is 5.70. The lowest BCUT2D eigenvalue weighted by Gasteiger charge is -2.10. The van der Waals surface area contributed by atoms with Gasteiger partial charge in [0.15, 0.2) is 0 Å². The fourth-order valence-corrected chi connectivity index (χ4v) is 1.23. The van der Waals surface area contributed by atoms with Crippen LogP contribution in [-0.2, 0) is 9.53 Å². The van der Waals surface area contributed by atoms with Gasteiger partial charge in [-0.05, 0) is 12.0 Å². The minimum atomic E-state index is -0.768. The standard InChI is InChI=1S/C12H16O3/c1-2-8-15-12(14)9-11(13)10-6-4-3-5-7-10/h3-7,11,13H,2,8-9H2,1H3/t11-/m0/s1. The maximum atomic E-state index is 11.2. The predicted molar refractivity (Wildman–Crippen MR) is 57.3 cm³/mol. The normalized spacial score (nSPS) is 12.1. The van der Waals surface area contributed by atoms with Crippen LogP contribution in [0.1, 0.15) is 31.4 Å². The molecule has 1 N–H and O–H groups in total. The smallest absolute Gasteiger partial charge is 0.308 e. The Morgan fingerprint density at radius 1 is 1.40 bits per heavy atom. The lowest BCUT2D eigenvalue weighted by molar-refractivity contribution is -0.146. The minimum Gasteiger partial charge on any atom is -0.466 e. The second-order valence-electron chi connectivity index (χ2n) is 3.35. The van der Waals surface area contributed by atoms with Crippen LogP contribution in [0.25, 0.3) is 0 Å². The van der Waals surface area contributed by atoms with E-state index < -0.39 is 6.10 Å². The Kier molecular flexibility index (Phi) is 4.84. The third kappa shape index (κ3) is 4.13. The molecule has 1 rings (SSSR count). The molecule has 0 saturated heterocycles. The average molecular weight is 208 g/mol. The van der Waals surface area contributed by atoms with E-state index in [1.54, 1.807) is 12.1 Å². The number of aliphatic hydroxyl groups excluding tert-OH is 1. The van der Waals surface area contributed by atoms with Crippen molar-refractivity contribution < 1.29 is 14.6 Å². The largest absolute Gasteiger partial charge is 0.466 e. The van der Waals surface area contributed by atoms with Gasteiger partial charge in [-0.1, -0.05) is 37.3 Å². The Morgan fingerprint density at radius 2 is 2.07 bits per heavy atom. The first kappa shape index (κ1) is 11.7. The first-order chi connectivity index (χ1) is 7.24. The Balaban J connectivity index is 2.42. The van der Waals surface area contributed by atoms with Crippen LogP contribution < -0.4 is 0 Å². The molecule has 0 aliphatic carbocycles. The van der Waals surface area contributed by atoms with E-state index in [1.807, 2.05) is 25.1 Å².